The van der Waals surface area contributed by atoms with Crippen molar-refractivity contribution in [3.63, 3.8) is 0 Å². The Morgan fingerprint density at radius 3 is 2.75 bits per heavy atom. The van der Waals surface area contributed by atoms with Crippen LogP contribution in [0, 0.1) is 5.92 Å². The van der Waals surface area contributed by atoms with Crippen molar-refractivity contribution in [1.82, 2.24) is 0 Å². The van der Waals surface area contributed by atoms with Crippen LogP contribution in [0.5, 0.6) is 0 Å². The molecular formula is C14H21NO. The molecule has 0 spiro atoms. The molecule has 2 unspecified atom stereocenters. The molecule has 88 valence electrons. The first kappa shape index (κ1) is 11.5. The van der Waals surface area contributed by atoms with Gasteiger partial charge in [-0.15, -0.1) is 0 Å². The molecule has 16 heavy (non-hydrogen) atoms. The Kier molecular flexibility index (Phi) is 3.49. The molecule has 0 saturated carbocycles. The van der Waals surface area contributed by atoms with Crippen LogP contribution in [-0.4, -0.2) is 6.04 Å². The highest BCUT2D eigenvalue weighted by Crippen LogP contribution is 2.24. The lowest BCUT2D eigenvalue weighted by atomic mass is 10.0. The Labute approximate surface area is 98.0 Å². The van der Waals surface area contributed by atoms with E-state index in [2.05, 4.69) is 44.3 Å². The van der Waals surface area contributed by atoms with Gasteiger partial charge in [-0.3, -0.25) is 0 Å². The molecule has 2 nitrogen and oxygen atoms in total. The predicted molar refractivity (Wildman–Crippen MR) is 67.5 cm³/mol. The van der Waals surface area contributed by atoms with Crippen LogP contribution in [-0.2, 0) is 18.0 Å². The Morgan fingerprint density at radius 2 is 2.00 bits per heavy atom. The molecule has 0 bridgehead atoms. The highest BCUT2D eigenvalue weighted by atomic mass is 16.5. The van der Waals surface area contributed by atoms with Gasteiger partial charge in [0.05, 0.1) is 13.2 Å². The van der Waals surface area contributed by atoms with Crippen LogP contribution >= 0.6 is 0 Å². The summed E-state index contributed by atoms with van der Waals surface area (Å²) in [7, 11) is 0. The third-order valence-electron chi connectivity index (χ3n) is 3.61. The van der Waals surface area contributed by atoms with Crippen molar-refractivity contribution >= 4 is 5.69 Å². The standard InChI is InChI=1S/C14H21NO/c1-4-10(2)11(3)15-14-6-5-12-8-16-9-13(12)7-14/h5-7,10-11,15H,4,8-9H2,1-3H3. The quantitative estimate of drug-likeness (QED) is 0.836. The lowest BCUT2D eigenvalue weighted by Crippen LogP contribution is -2.23. The van der Waals surface area contributed by atoms with E-state index in [4.69, 9.17) is 4.74 Å². The fourth-order valence-corrected chi connectivity index (χ4v) is 2.02. The minimum absolute atomic E-state index is 0.519. The van der Waals surface area contributed by atoms with E-state index in [1.807, 2.05) is 0 Å². The van der Waals surface area contributed by atoms with Gasteiger partial charge in [0, 0.05) is 11.7 Å². The highest BCUT2D eigenvalue weighted by molar-refractivity contribution is 5.49. The predicted octanol–water partition coefficient (Wildman–Crippen LogP) is 3.56. The number of hydrogen-bond acceptors (Lipinski definition) is 2. The van der Waals surface area contributed by atoms with Crippen molar-refractivity contribution in [3.8, 4) is 0 Å². The molecule has 1 aromatic rings. The largest absolute Gasteiger partial charge is 0.382 e. The number of ether oxygens (including phenoxy) is 1. The summed E-state index contributed by atoms with van der Waals surface area (Å²) in [6, 6.07) is 7.08. The van der Waals surface area contributed by atoms with Crippen molar-refractivity contribution in [3.05, 3.63) is 29.3 Å². The number of fused-ring (bicyclic) bond motifs is 1. The van der Waals surface area contributed by atoms with Crippen LogP contribution in [0.2, 0.25) is 0 Å². The van der Waals surface area contributed by atoms with Gasteiger partial charge in [0.1, 0.15) is 0 Å². The van der Waals surface area contributed by atoms with Crippen molar-refractivity contribution in [2.75, 3.05) is 5.32 Å². The van der Waals surface area contributed by atoms with Gasteiger partial charge >= 0.3 is 0 Å². The van der Waals surface area contributed by atoms with Gasteiger partial charge in [0.2, 0.25) is 0 Å². The van der Waals surface area contributed by atoms with Crippen LogP contribution in [0.1, 0.15) is 38.3 Å². The number of anilines is 1. The molecule has 0 radical (unpaired) electrons. The Balaban J connectivity index is 2.05. The fraction of sp³-hybridized carbons (Fsp3) is 0.571. The fourth-order valence-electron chi connectivity index (χ4n) is 2.02. The topological polar surface area (TPSA) is 21.3 Å². The van der Waals surface area contributed by atoms with Gasteiger partial charge in [-0.1, -0.05) is 26.3 Å². The maximum Gasteiger partial charge on any atom is 0.0725 e. The first-order valence-electron chi connectivity index (χ1n) is 6.16. The Morgan fingerprint density at radius 1 is 1.25 bits per heavy atom. The Bertz CT molecular complexity index is 362. The van der Waals surface area contributed by atoms with Crippen LogP contribution in [0.4, 0.5) is 5.69 Å². The van der Waals surface area contributed by atoms with Crippen molar-refractivity contribution in [2.45, 2.75) is 46.4 Å². The number of rotatable bonds is 4. The molecule has 1 aliphatic rings. The molecule has 2 atom stereocenters. The smallest absolute Gasteiger partial charge is 0.0725 e. The van der Waals surface area contributed by atoms with E-state index in [-0.39, 0.29) is 0 Å². The number of hydrogen-bond donors (Lipinski definition) is 1. The van der Waals surface area contributed by atoms with E-state index in [9.17, 15) is 0 Å². The maximum atomic E-state index is 5.42. The van der Waals surface area contributed by atoms with Gasteiger partial charge in [-0.2, -0.15) is 0 Å². The summed E-state index contributed by atoms with van der Waals surface area (Å²) in [5.41, 5.74) is 3.89. The molecule has 0 aromatic heterocycles. The second-order valence-electron chi connectivity index (χ2n) is 4.79. The molecule has 0 fully saturated rings. The van der Waals surface area contributed by atoms with Crippen LogP contribution in [0.15, 0.2) is 18.2 Å². The molecule has 1 N–H and O–H groups in total. The average molecular weight is 219 g/mol. The SMILES string of the molecule is CCC(C)C(C)Nc1ccc2c(c1)COC2. The summed E-state index contributed by atoms with van der Waals surface area (Å²) >= 11 is 0. The zero-order chi connectivity index (χ0) is 11.5. The summed E-state index contributed by atoms with van der Waals surface area (Å²) in [5, 5.41) is 3.57. The zero-order valence-electron chi connectivity index (χ0n) is 10.4. The van der Waals surface area contributed by atoms with Gasteiger partial charge in [-0.25, -0.2) is 0 Å². The highest BCUT2D eigenvalue weighted by Gasteiger charge is 2.13. The third-order valence-corrected chi connectivity index (χ3v) is 3.61. The first-order valence-corrected chi connectivity index (χ1v) is 6.16. The maximum absolute atomic E-state index is 5.42. The molecular weight excluding hydrogens is 198 g/mol. The second-order valence-corrected chi connectivity index (χ2v) is 4.79. The first-order chi connectivity index (χ1) is 7.70. The third kappa shape index (κ3) is 2.38. The number of nitrogens with one attached hydrogen (secondary N) is 1. The lowest BCUT2D eigenvalue weighted by molar-refractivity contribution is 0.134. The van der Waals surface area contributed by atoms with E-state index in [1.54, 1.807) is 0 Å². The summed E-state index contributed by atoms with van der Waals surface area (Å²) in [6.45, 7) is 8.31. The molecule has 1 aliphatic heterocycles. The summed E-state index contributed by atoms with van der Waals surface area (Å²) < 4.78 is 5.42. The van der Waals surface area contributed by atoms with E-state index >= 15 is 0 Å². The van der Waals surface area contributed by atoms with E-state index in [0.717, 1.165) is 13.2 Å². The van der Waals surface area contributed by atoms with Crippen molar-refractivity contribution in [1.29, 1.82) is 0 Å². The van der Waals surface area contributed by atoms with Crippen LogP contribution in [0.25, 0.3) is 0 Å². The molecule has 0 saturated heterocycles. The summed E-state index contributed by atoms with van der Waals surface area (Å²) in [4.78, 5) is 0. The van der Waals surface area contributed by atoms with Crippen LogP contribution < -0.4 is 5.32 Å². The molecule has 0 aliphatic carbocycles. The van der Waals surface area contributed by atoms with Gasteiger partial charge in [-0.05, 0) is 36.1 Å². The Hall–Kier alpha value is -1.02. The van der Waals surface area contributed by atoms with Crippen molar-refractivity contribution in [2.24, 2.45) is 5.92 Å². The molecule has 1 heterocycles. The van der Waals surface area contributed by atoms with E-state index in [0.29, 0.717) is 12.0 Å². The van der Waals surface area contributed by atoms with Gasteiger partial charge in [0.25, 0.3) is 0 Å². The lowest BCUT2D eigenvalue weighted by Gasteiger charge is -2.21. The van der Waals surface area contributed by atoms with E-state index in [1.165, 1.54) is 23.2 Å². The molecule has 1 aromatic carbocycles. The minimum Gasteiger partial charge on any atom is -0.382 e. The summed E-state index contributed by atoms with van der Waals surface area (Å²) in [6.07, 6.45) is 1.21. The monoisotopic (exact) mass is 219 g/mol. The summed E-state index contributed by atoms with van der Waals surface area (Å²) in [5.74, 6) is 0.699. The van der Waals surface area contributed by atoms with Gasteiger partial charge in [0.15, 0.2) is 0 Å². The average Bonchev–Trinajstić information content (AvgIpc) is 2.75. The van der Waals surface area contributed by atoms with Gasteiger partial charge < -0.3 is 10.1 Å². The minimum atomic E-state index is 0.519. The number of benzene rings is 1. The zero-order valence-corrected chi connectivity index (χ0v) is 10.4. The molecule has 0 amide bonds. The normalized spacial score (nSPS) is 17.9. The van der Waals surface area contributed by atoms with Crippen molar-refractivity contribution < 1.29 is 4.74 Å². The molecule has 2 rings (SSSR count). The van der Waals surface area contributed by atoms with Crippen LogP contribution in [0.3, 0.4) is 0 Å². The molecule has 2 heteroatoms. The second kappa shape index (κ2) is 4.88. The van der Waals surface area contributed by atoms with E-state index < -0.39 is 0 Å².